The number of carbonyl (C=O) groups excluding carboxylic acids is 1. The fraction of sp³-hybridized carbons (Fsp3) is 0.111. The van der Waals surface area contributed by atoms with Crippen LogP contribution < -0.4 is 10.5 Å². The number of carbonyl (C=O) groups is 1. The molecule has 0 saturated heterocycles. The van der Waals surface area contributed by atoms with Gasteiger partial charge in [-0.2, -0.15) is 0 Å². The predicted octanol–water partition coefficient (Wildman–Crippen LogP) is 0.311. The van der Waals surface area contributed by atoms with E-state index in [2.05, 4.69) is 4.99 Å². The van der Waals surface area contributed by atoms with Crippen LogP contribution in [0.1, 0.15) is 5.56 Å². The molecule has 66 valence electrons. The van der Waals surface area contributed by atoms with E-state index in [-0.39, 0.29) is 6.73 Å². The number of hydrogen-bond donors (Lipinski definition) is 1. The standard InChI is InChI=1S/C9H8N2O2/c10-9(12)8-6-3-1-2-4-7(6)13-5-11-8/h1-4H,5H2,(H2,10,12). The van der Waals surface area contributed by atoms with Crippen molar-refractivity contribution in [2.24, 2.45) is 10.7 Å². The van der Waals surface area contributed by atoms with Crippen LogP contribution >= 0.6 is 0 Å². The number of aliphatic imine (C=N–C) groups is 1. The molecule has 0 radical (unpaired) electrons. The van der Waals surface area contributed by atoms with Crippen molar-refractivity contribution in [1.82, 2.24) is 0 Å². The number of ether oxygens (including phenoxy) is 1. The van der Waals surface area contributed by atoms with Gasteiger partial charge in [-0.1, -0.05) is 12.1 Å². The Labute approximate surface area is 75.0 Å². The van der Waals surface area contributed by atoms with Gasteiger partial charge in [-0.15, -0.1) is 0 Å². The third-order valence-electron chi connectivity index (χ3n) is 1.82. The third kappa shape index (κ3) is 1.26. The van der Waals surface area contributed by atoms with Gasteiger partial charge >= 0.3 is 0 Å². The summed E-state index contributed by atoms with van der Waals surface area (Å²) in [5.41, 5.74) is 6.12. The lowest BCUT2D eigenvalue weighted by molar-refractivity contribution is -0.112. The number of nitrogens with two attached hydrogens (primary N) is 1. The van der Waals surface area contributed by atoms with Gasteiger partial charge in [-0.3, -0.25) is 4.79 Å². The van der Waals surface area contributed by atoms with Gasteiger partial charge in [0, 0.05) is 5.56 Å². The number of nitrogens with zero attached hydrogens (tertiary/aromatic N) is 1. The van der Waals surface area contributed by atoms with Crippen LogP contribution in [0, 0.1) is 0 Å². The molecule has 0 spiro atoms. The van der Waals surface area contributed by atoms with Crippen molar-refractivity contribution >= 4 is 11.6 Å². The molecule has 1 aromatic rings. The molecule has 0 fully saturated rings. The molecule has 4 heteroatoms. The summed E-state index contributed by atoms with van der Waals surface area (Å²) in [6.45, 7) is 0.162. The molecule has 13 heavy (non-hydrogen) atoms. The van der Waals surface area contributed by atoms with Crippen molar-refractivity contribution in [2.75, 3.05) is 6.73 Å². The molecule has 2 N–H and O–H groups in total. The molecule has 0 aliphatic carbocycles. The van der Waals surface area contributed by atoms with E-state index in [1.54, 1.807) is 12.1 Å². The SMILES string of the molecule is NC(=O)C1=NCOc2ccccc21. The van der Waals surface area contributed by atoms with Gasteiger partial charge < -0.3 is 10.5 Å². The van der Waals surface area contributed by atoms with Gasteiger partial charge in [0.1, 0.15) is 11.5 Å². The highest BCUT2D eigenvalue weighted by Gasteiger charge is 2.18. The van der Waals surface area contributed by atoms with Gasteiger partial charge in [0.2, 0.25) is 0 Å². The van der Waals surface area contributed by atoms with E-state index >= 15 is 0 Å². The molecule has 0 atom stereocenters. The fourth-order valence-corrected chi connectivity index (χ4v) is 1.25. The smallest absolute Gasteiger partial charge is 0.267 e. The Morgan fingerprint density at radius 1 is 1.46 bits per heavy atom. The summed E-state index contributed by atoms with van der Waals surface area (Å²) in [6.07, 6.45) is 0. The number of hydrogen-bond acceptors (Lipinski definition) is 3. The van der Waals surface area contributed by atoms with Crippen LogP contribution in [0.2, 0.25) is 0 Å². The van der Waals surface area contributed by atoms with Crippen molar-refractivity contribution in [3.05, 3.63) is 29.8 Å². The number of amides is 1. The van der Waals surface area contributed by atoms with Crippen LogP contribution in [0.15, 0.2) is 29.3 Å². The second kappa shape index (κ2) is 2.90. The summed E-state index contributed by atoms with van der Waals surface area (Å²) in [7, 11) is 0. The fourth-order valence-electron chi connectivity index (χ4n) is 1.25. The molecule has 1 amide bonds. The number of rotatable bonds is 1. The minimum absolute atomic E-state index is 0.162. The van der Waals surface area contributed by atoms with E-state index in [4.69, 9.17) is 10.5 Å². The maximum absolute atomic E-state index is 11.0. The van der Waals surface area contributed by atoms with E-state index in [1.807, 2.05) is 12.1 Å². The first kappa shape index (κ1) is 7.79. The van der Waals surface area contributed by atoms with Gasteiger partial charge in [0.15, 0.2) is 6.73 Å². The Balaban J connectivity index is 2.53. The molecule has 0 aromatic heterocycles. The monoisotopic (exact) mass is 176 g/mol. The average Bonchev–Trinajstić information content (AvgIpc) is 2.17. The normalized spacial score (nSPS) is 14.0. The van der Waals surface area contributed by atoms with Crippen LogP contribution in [-0.2, 0) is 4.79 Å². The largest absolute Gasteiger partial charge is 0.471 e. The molecule has 1 aliphatic rings. The Kier molecular flexibility index (Phi) is 1.73. The summed E-state index contributed by atoms with van der Waals surface area (Å²) in [5, 5.41) is 0. The molecular weight excluding hydrogens is 168 g/mol. The number of primary amides is 1. The highest BCUT2D eigenvalue weighted by Crippen LogP contribution is 2.21. The molecule has 4 nitrogen and oxygen atoms in total. The van der Waals surface area contributed by atoms with E-state index in [0.717, 1.165) is 0 Å². The lowest BCUT2D eigenvalue weighted by Gasteiger charge is -2.14. The molecule has 1 heterocycles. The van der Waals surface area contributed by atoms with Crippen LogP contribution in [0.5, 0.6) is 5.75 Å². The van der Waals surface area contributed by atoms with Crippen molar-refractivity contribution in [3.8, 4) is 5.75 Å². The summed E-state index contributed by atoms with van der Waals surface area (Å²) in [4.78, 5) is 14.8. The van der Waals surface area contributed by atoms with Crippen molar-refractivity contribution < 1.29 is 9.53 Å². The van der Waals surface area contributed by atoms with Gasteiger partial charge in [0.25, 0.3) is 5.91 Å². The van der Waals surface area contributed by atoms with E-state index < -0.39 is 5.91 Å². The van der Waals surface area contributed by atoms with Crippen LogP contribution in [0.3, 0.4) is 0 Å². The van der Waals surface area contributed by atoms with Crippen molar-refractivity contribution in [1.29, 1.82) is 0 Å². The zero-order valence-electron chi connectivity index (χ0n) is 6.86. The number of fused-ring (bicyclic) bond motifs is 1. The molecule has 0 bridgehead atoms. The van der Waals surface area contributed by atoms with Gasteiger partial charge in [-0.25, -0.2) is 4.99 Å². The lowest BCUT2D eigenvalue weighted by atomic mass is 10.1. The van der Waals surface area contributed by atoms with E-state index in [1.165, 1.54) is 0 Å². The highest BCUT2D eigenvalue weighted by atomic mass is 16.5. The van der Waals surface area contributed by atoms with E-state index in [0.29, 0.717) is 17.0 Å². The second-order valence-corrected chi connectivity index (χ2v) is 2.64. The molecule has 2 rings (SSSR count). The van der Waals surface area contributed by atoms with Crippen LogP contribution in [-0.4, -0.2) is 18.3 Å². The van der Waals surface area contributed by atoms with Crippen molar-refractivity contribution in [3.63, 3.8) is 0 Å². The van der Waals surface area contributed by atoms with Gasteiger partial charge in [0.05, 0.1) is 0 Å². The van der Waals surface area contributed by atoms with Gasteiger partial charge in [-0.05, 0) is 12.1 Å². The quantitative estimate of drug-likeness (QED) is 0.669. The number of para-hydroxylation sites is 1. The maximum atomic E-state index is 11.0. The summed E-state index contributed by atoms with van der Waals surface area (Å²) >= 11 is 0. The topological polar surface area (TPSA) is 64.7 Å². The predicted molar refractivity (Wildman–Crippen MR) is 47.7 cm³/mol. The molecule has 0 unspecified atom stereocenters. The molecule has 1 aliphatic heterocycles. The highest BCUT2D eigenvalue weighted by molar-refractivity contribution is 6.45. The zero-order chi connectivity index (χ0) is 9.26. The van der Waals surface area contributed by atoms with Crippen LogP contribution in [0.4, 0.5) is 0 Å². The molecule has 0 saturated carbocycles. The van der Waals surface area contributed by atoms with Crippen LogP contribution in [0.25, 0.3) is 0 Å². The Bertz CT molecular complexity index is 385. The Hall–Kier alpha value is -1.84. The second-order valence-electron chi connectivity index (χ2n) is 2.64. The molecule has 1 aromatic carbocycles. The number of benzene rings is 1. The van der Waals surface area contributed by atoms with Crippen molar-refractivity contribution in [2.45, 2.75) is 0 Å². The lowest BCUT2D eigenvalue weighted by Crippen LogP contribution is -2.27. The first-order valence-corrected chi connectivity index (χ1v) is 3.85. The summed E-state index contributed by atoms with van der Waals surface area (Å²) in [6, 6.07) is 7.19. The molecular formula is C9H8N2O2. The van der Waals surface area contributed by atoms with E-state index in [9.17, 15) is 4.79 Å². The first-order chi connectivity index (χ1) is 6.29. The maximum Gasteiger partial charge on any atom is 0.267 e. The minimum atomic E-state index is -0.518. The Morgan fingerprint density at radius 2 is 2.23 bits per heavy atom. The third-order valence-corrected chi connectivity index (χ3v) is 1.82. The average molecular weight is 176 g/mol. The Morgan fingerprint density at radius 3 is 3.00 bits per heavy atom. The summed E-state index contributed by atoms with van der Waals surface area (Å²) in [5.74, 6) is 0.141. The minimum Gasteiger partial charge on any atom is -0.471 e. The summed E-state index contributed by atoms with van der Waals surface area (Å²) < 4.78 is 5.21. The first-order valence-electron chi connectivity index (χ1n) is 3.85. The zero-order valence-corrected chi connectivity index (χ0v) is 6.86.